The second-order valence-electron chi connectivity index (χ2n) is 6.29. The van der Waals surface area contributed by atoms with Gasteiger partial charge in [0.05, 0.1) is 11.5 Å². The van der Waals surface area contributed by atoms with Crippen LogP contribution in [0, 0.1) is 22.2 Å². The molecule has 0 heterocycles. The van der Waals surface area contributed by atoms with Crippen LogP contribution in [0.4, 0.5) is 0 Å². The molecule has 0 radical (unpaired) electrons. The largest absolute Gasteiger partial charge is 0.229 e. The second-order valence-corrected chi connectivity index (χ2v) is 8.55. The Morgan fingerprint density at radius 1 is 1.18 bits per heavy atom. The molecule has 1 aliphatic carbocycles. The van der Waals surface area contributed by atoms with Crippen LogP contribution in [0.5, 0.6) is 0 Å². The van der Waals surface area contributed by atoms with Crippen LogP contribution in [-0.4, -0.2) is 20.4 Å². The third kappa shape index (κ3) is 4.67. The van der Waals surface area contributed by atoms with Crippen LogP contribution in [-0.2, 0) is 9.84 Å². The summed E-state index contributed by atoms with van der Waals surface area (Å²) < 4.78 is 22.2. The molecule has 0 atom stereocenters. The highest BCUT2D eigenvalue weighted by Crippen LogP contribution is 2.47. The zero-order chi connectivity index (χ0) is 13.2. The van der Waals surface area contributed by atoms with Crippen molar-refractivity contribution in [3.63, 3.8) is 0 Å². The number of rotatable bonds is 4. The lowest BCUT2D eigenvalue weighted by molar-refractivity contribution is 0.138. The summed E-state index contributed by atoms with van der Waals surface area (Å²) in [6.45, 7) is 4.48. The summed E-state index contributed by atoms with van der Waals surface area (Å²) in [5, 5.41) is 9.34. The van der Waals surface area contributed by atoms with Gasteiger partial charge in [0.2, 0.25) is 0 Å². The summed E-state index contributed by atoms with van der Waals surface area (Å²) in [7, 11) is -2.89. The van der Waals surface area contributed by atoms with Gasteiger partial charge in [-0.15, -0.1) is 0 Å². The van der Waals surface area contributed by atoms with E-state index in [1.54, 1.807) is 0 Å². The third-order valence-electron chi connectivity index (χ3n) is 3.97. The molecule has 17 heavy (non-hydrogen) atoms. The molecule has 1 saturated carbocycles. The molecule has 98 valence electrons. The van der Waals surface area contributed by atoms with Gasteiger partial charge >= 0.3 is 0 Å². The zero-order valence-corrected chi connectivity index (χ0v) is 11.9. The van der Waals surface area contributed by atoms with Gasteiger partial charge in [-0.2, -0.15) is 5.26 Å². The minimum absolute atomic E-state index is 0.208. The number of hydrogen-bond donors (Lipinski definition) is 0. The quantitative estimate of drug-likeness (QED) is 0.778. The fourth-order valence-electron chi connectivity index (χ4n) is 2.50. The van der Waals surface area contributed by atoms with Gasteiger partial charge in [-0.25, -0.2) is 8.42 Å². The van der Waals surface area contributed by atoms with E-state index in [-0.39, 0.29) is 11.2 Å². The van der Waals surface area contributed by atoms with E-state index in [2.05, 4.69) is 19.9 Å². The molecule has 1 aliphatic rings. The Bertz CT molecular complexity index is 394. The second kappa shape index (κ2) is 4.97. The van der Waals surface area contributed by atoms with E-state index in [0.29, 0.717) is 11.8 Å². The van der Waals surface area contributed by atoms with Crippen LogP contribution >= 0.6 is 0 Å². The fourth-order valence-corrected chi connectivity index (χ4v) is 3.16. The van der Waals surface area contributed by atoms with Crippen molar-refractivity contribution in [3.8, 4) is 6.07 Å². The molecule has 0 aromatic rings. The van der Waals surface area contributed by atoms with Gasteiger partial charge in [-0.1, -0.05) is 13.8 Å². The van der Waals surface area contributed by atoms with Crippen molar-refractivity contribution in [2.75, 3.05) is 12.0 Å². The Morgan fingerprint density at radius 2 is 1.71 bits per heavy atom. The van der Waals surface area contributed by atoms with Crippen LogP contribution < -0.4 is 0 Å². The van der Waals surface area contributed by atoms with Gasteiger partial charge in [0.15, 0.2) is 0 Å². The lowest BCUT2D eigenvalue weighted by Crippen LogP contribution is -2.30. The highest BCUT2D eigenvalue weighted by Gasteiger charge is 2.38. The zero-order valence-electron chi connectivity index (χ0n) is 11.1. The molecular weight excluding hydrogens is 234 g/mol. The number of sulfone groups is 1. The molecule has 0 unspecified atom stereocenters. The van der Waals surface area contributed by atoms with Crippen molar-refractivity contribution in [3.05, 3.63) is 0 Å². The van der Waals surface area contributed by atoms with E-state index >= 15 is 0 Å². The highest BCUT2D eigenvalue weighted by molar-refractivity contribution is 7.90. The summed E-state index contributed by atoms with van der Waals surface area (Å²) in [6, 6.07) is 2.45. The maximum atomic E-state index is 11.1. The average Bonchev–Trinajstić information content (AvgIpc) is 2.19. The normalized spacial score (nSPS) is 22.9. The summed E-state index contributed by atoms with van der Waals surface area (Å²) in [4.78, 5) is 0. The minimum Gasteiger partial charge on any atom is -0.229 e. The molecule has 3 nitrogen and oxygen atoms in total. The van der Waals surface area contributed by atoms with Gasteiger partial charge in [-0.3, -0.25) is 0 Å². The number of hydrogen-bond acceptors (Lipinski definition) is 3. The van der Waals surface area contributed by atoms with E-state index in [4.69, 9.17) is 0 Å². The lowest BCUT2D eigenvalue weighted by atomic mass is 9.64. The van der Waals surface area contributed by atoms with E-state index in [1.807, 2.05) is 0 Å². The summed E-state index contributed by atoms with van der Waals surface area (Å²) in [5.41, 5.74) is 0.0807. The first-order valence-electron chi connectivity index (χ1n) is 6.27. The van der Waals surface area contributed by atoms with Crippen molar-refractivity contribution in [1.82, 2.24) is 0 Å². The van der Waals surface area contributed by atoms with E-state index in [0.717, 1.165) is 32.1 Å². The van der Waals surface area contributed by atoms with Gasteiger partial charge in [0.1, 0.15) is 9.84 Å². The average molecular weight is 257 g/mol. The number of nitrogens with zero attached hydrogens (tertiary/aromatic N) is 1. The Kier molecular flexibility index (Phi) is 4.24. The molecule has 4 heteroatoms. The van der Waals surface area contributed by atoms with Gasteiger partial charge in [0.25, 0.3) is 0 Å². The summed E-state index contributed by atoms with van der Waals surface area (Å²) >= 11 is 0. The van der Waals surface area contributed by atoms with Crippen molar-refractivity contribution in [1.29, 1.82) is 5.26 Å². The van der Waals surface area contributed by atoms with Crippen LogP contribution in [0.25, 0.3) is 0 Å². The Morgan fingerprint density at radius 3 is 2.12 bits per heavy atom. The maximum Gasteiger partial charge on any atom is 0.147 e. The highest BCUT2D eigenvalue weighted by atomic mass is 32.2. The first-order chi connectivity index (χ1) is 7.68. The monoisotopic (exact) mass is 257 g/mol. The summed E-state index contributed by atoms with van der Waals surface area (Å²) in [6.07, 6.45) is 6.58. The minimum atomic E-state index is -2.89. The molecule has 0 bridgehead atoms. The summed E-state index contributed by atoms with van der Waals surface area (Å²) in [5.74, 6) is 0.208. The third-order valence-corrected chi connectivity index (χ3v) is 5.00. The predicted octanol–water partition coefficient (Wildman–Crippen LogP) is 2.92. The molecule has 0 aromatic carbocycles. The van der Waals surface area contributed by atoms with Gasteiger partial charge in [-0.05, 0) is 43.9 Å². The van der Waals surface area contributed by atoms with Crippen LogP contribution in [0.2, 0.25) is 0 Å². The van der Waals surface area contributed by atoms with Crippen molar-refractivity contribution >= 4 is 9.84 Å². The van der Waals surface area contributed by atoms with Crippen LogP contribution in [0.3, 0.4) is 0 Å². The molecule has 0 aromatic heterocycles. The van der Waals surface area contributed by atoms with E-state index in [9.17, 15) is 13.7 Å². The Hall–Kier alpha value is -0.560. The van der Waals surface area contributed by atoms with E-state index < -0.39 is 9.84 Å². The topological polar surface area (TPSA) is 57.9 Å². The maximum absolute atomic E-state index is 11.1. The fraction of sp³-hybridized carbons (Fsp3) is 0.923. The first-order valence-corrected chi connectivity index (χ1v) is 8.33. The molecule has 0 N–H and O–H groups in total. The smallest absolute Gasteiger partial charge is 0.147 e. The molecule has 0 amide bonds. The predicted molar refractivity (Wildman–Crippen MR) is 69.2 cm³/mol. The van der Waals surface area contributed by atoms with Crippen molar-refractivity contribution in [2.24, 2.45) is 10.8 Å². The Balaban J connectivity index is 2.52. The first kappa shape index (κ1) is 14.5. The van der Waals surface area contributed by atoms with Crippen molar-refractivity contribution < 1.29 is 8.42 Å². The Labute approximate surface area is 105 Å². The van der Waals surface area contributed by atoms with Gasteiger partial charge in [0, 0.05) is 12.0 Å². The van der Waals surface area contributed by atoms with Gasteiger partial charge < -0.3 is 0 Å². The van der Waals surface area contributed by atoms with Crippen molar-refractivity contribution in [2.45, 2.75) is 52.4 Å². The number of nitriles is 1. The molecule has 0 saturated heterocycles. The molecule has 0 aliphatic heterocycles. The SMILES string of the molecule is CC1(C)CCC(C#N)(CCCS(C)(=O)=O)CC1. The van der Waals surface area contributed by atoms with Crippen LogP contribution in [0.1, 0.15) is 52.4 Å². The molecular formula is C13H23NO2S. The van der Waals surface area contributed by atoms with E-state index in [1.165, 1.54) is 6.26 Å². The molecule has 1 rings (SSSR count). The standard InChI is InChI=1S/C13H23NO2S/c1-12(2)6-8-13(11-14,9-7-12)5-4-10-17(3,15)16/h4-10H2,1-3H3. The lowest BCUT2D eigenvalue weighted by Gasteiger charge is -2.39. The van der Waals surface area contributed by atoms with Crippen LogP contribution in [0.15, 0.2) is 0 Å². The molecule has 1 fully saturated rings. The molecule has 0 spiro atoms.